The van der Waals surface area contributed by atoms with Gasteiger partial charge in [-0.25, -0.2) is 4.39 Å². The van der Waals surface area contributed by atoms with Gasteiger partial charge in [-0.1, -0.05) is 24.6 Å². The molecule has 0 radical (unpaired) electrons. The van der Waals surface area contributed by atoms with Gasteiger partial charge in [0.05, 0.1) is 6.04 Å². The van der Waals surface area contributed by atoms with Crippen LogP contribution in [-0.4, -0.2) is 6.54 Å². The van der Waals surface area contributed by atoms with E-state index in [0.717, 1.165) is 12.1 Å². The summed E-state index contributed by atoms with van der Waals surface area (Å²) in [6.07, 6.45) is 0. The molecule has 2 aromatic rings. The fourth-order valence-electron chi connectivity index (χ4n) is 1.79. The number of thiophene rings is 1. The Morgan fingerprint density at radius 2 is 2.24 bits per heavy atom. The third-order valence-corrected chi connectivity index (χ3v) is 3.49. The molecule has 90 valence electrons. The van der Waals surface area contributed by atoms with Crippen LogP contribution in [0.2, 0.25) is 5.02 Å². The number of nitrogens with one attached hydrogen (secondary N) is 1. The topological polar surface area (TPSA) is 12.0 Å². The van der Waals surface area contributed by atoms with E-state index >= 15 is 0 Å². The lowest BCUT2D eigenvalue weighted by Gasteiger charge is -2.18. The Morgan fingerprint density at radius 1 is 1.41 bits per heavy atom. The maximum atomic E-state index is 13.9. The maximum Gasteiger partial charge on any atom is 0.129 e. The predicted octanol–water partition coefficient (Wildman–Crippen LogP) is 4.24. The Bertz CT molecular complexity index is 484. The molecule has 0 saturated heterocycles. The average Bonchev–Trinajstić information content (AvgIpc) is 2.80. The van der Waals surface area contributed by atoms with Gasteiger partial charge < -0.3 is 5.32 Å². The van der Waals surface area contributed by atoms with E-state index < -0.39 is 0 Å². The molecule has 1 aromatic heterocycles. The monoisotopic (exact) mass is 269 g/mol. The van der Waals surface area contributed by atoms with Crippen molar-refractivity contribution in [3.63, 3.8) is 0 Å². The summed E-state index contributed by atoms with van der Waals surface area (Å²) in [5, 5.41) is 7.73. The molecule has 1 N–H and O–H groups in total. The van der Waals surface area contributed by atoms with Gasteiger partial charge in [-0.2, -0.15) is 11.3 Å². The highest BCUT2D eigenvalue weighted by atomic mass is 35.5. The highest BCUT2D eigenvalue weighted by Gasteiger charge is 2.17. The van der Waals surface area contributed by atoms with Crippen LogP contribution in [0.15, 0.2) is 35.0 Å². The first-order chi connectivity index (χ1) is 8.22. The second kappa shape index (κ2) is 5.63. The summed E-state index contributed by atoms with van der Waals surface area (Å²) < 4.78 is 13.9. The molecule has 1 unspecified atom stereocenters. The van der Waals surface area contributed by atoms with E-state index in [-0.39, 0.29) is 11.9 Å². The summed E-state index contributed by atoms with van der Waals surface area (Å²) in [5.41, 5.74) is 1.72. The van der Waals surface area contributed by atoms with E-state index in [9.17, 15) is 4.39 Å². The van der Waals surface area contributed by atoms with Gasteiger partial charge in [0, 0.05) is 10.6 Å². The maximum absolute atomic E-state index is 13.9. The molecule has 0 fully saturated rings. The van der Waals surface area contributed by atoms with E-state index in [2.05, 4.69) is 5.32 Å². The van der Waals surface area contributed by atoms with Crippen LogP contribution in [0.4, 0.5) is 4.39 Å². The van der Waals surface area contributed by atoms with Crippen LogP contribution < -0.4 is 5.32 Å². The van der Waals surface area contributed by atoms with E-state index in [4.69, 9.17) is 11.6 Å². The Hall–Kier alpha value is -0.900. The van der Waals surface area contributed by atoms with Crippen LogP contribution in [-0.2, 0) is 0 Å². The van der Waals surface area contributed by atoms with Gasteiger partial charge >= 0.3 is 0 Å². The van der Waals surface area contributed by atoms with Crippen LogP contribution in [0.25, 0.3) is 0 Å². The largest absolute Gasteiger partial charge is 0.306 e. The van der Waals surface area contributed by atoms with E-state index in [0.29, 0.717) is 10.6 Å². The minimum Gasteiger partial charge on any atom is -0.306 e. The lowest BCUT2D eigenvalue weighted by Crippen LogP contribution is -2.22. The van der Waals surface area contributed by atoms with Crippen molar-refractivity contribution in [2.45, 2.75) is 13.0 Å². The summed E-state index contributed by atoms with van der Waals surface area (Å²) in [6, 6.07) is 6.71. The van der Waals surface area contributed by atoms with Crippen LogP contribution in [0.1, 0.15) is 24.1 Å². The van der Waals surface area contributed by atoms with Gasteiger partial charge in [0.25, 0.3) is 0 Å². The van der Waals surface area contributed by atoms with Gasteiger partial charge in [-0.3, -0.25) is 0 Å². The van der Waals surface area contributed by atoms with Gasteiger partial charge in [0.2, 0.25) is 0 Å². The third kappa shape index (κ3) is 2.86. The van der Waals surface area contributed by atoms with Gasteiger partial charge in [0.1, 0.15) is 5.82 Å². The van der Waals surface area contributed by atoms with Gasteiger partial charge in [-0.15, -0.1) is 0 Å². The Labute approximate surface area is 109 Å². The van der Waals surface area contributed by atoms with E-state index in [1.165, 1.54) is 6.07 Å². The van der Waals surface area contributed by atoms with Crippen molar-refractivity contribution in [1.82, 2.24) is 5.32 Å². The zero-order valence-electron chi connectivity index (χ0n) is 9.41. The SMILES string of the molecule is CCNC(c1ccsc1)c1ccc(Cl)cc1F. The molecule has 1 atom stereocenters. The molecule has 1 aromatic carbocycles. The Morgan fingerprint density at radius 3 is 2.82 bits per heavy atom. The molecule has 0 aliphatic carbocycles. The van der Waals surface area contributed by atoms with Crippen molar-refractivity contribution in [2.75, 3.05) is 6.54 Å². The molecule has 4 heteroatoms. The number of hydrogen-bond acceptors (Lipinski definition) is 2. The predicted molar refractivity (Wildman–Crippen MR) is 71.2 cm³/mol. The smallest absolute Gasteiger partial charge is 0.129 e. The quantitative estimate of drug-likeness (QED) is 0.875. The summed E-state index contributed by atoms with van der Waals surface area (Å²) >= 11 is 7.37. The van der Waals surface area contributed by atoms with E-state index in [1.807, 2.05) is 23.8 Å². The summed E-state index contributed by atoms with van der Waals surface area (Å²) in [4.78, 5) is 0. The fourth-order valence-corrected chi connectivity index (χ4v) is 2.63. The molecule has 0 bridgehead atoms. The van der Waals surface area contributed by atoms with Crippen molar-refractivity contribution in [2.24, 2.45) is 0 Å². The van der Waals surface area contributed by atoms with Crippen LogP contribution in [0.5, 0.6) is 0 Å². The first-order valence-electron chi connectivity index (χ1n) is 5.42. The first kappa shape index (κ1) is 12.6. The molecule has 17 heavy (non-hydrogen) atoms. The average molecular weight is 270 g/mol. The van der Waals surface area contributed by atoms with Crippen molar-refractivity contribution < 1.29 is 4.39 Å². The molecular weight excluding hydrogens is 257 g/mol. The van der Waals surface area contributed by atoms with Crippen LogP contribution in [0.3, 0.4) is 0 Å². The van der Waals surface area contributed by atoms with Crippen LogP contribution in [0, 0.1) is 5.82 Å². The van der Waals surface area contributed by atoms with Gasteiger partial charge in [0.15, 0.2) is 0 Å². The molecule has 2 rings (SSSR count). The zero-order valence-corrected chi connectivity index (χ0v) is 11.0. The zero-order chi connectivity index (χ0) is 12.3. The fraction of sp³-hybridized carbons (Fsp3) is 0.231. The molecule has 0 amide bonds. The second-order valence-electron chi connectivity index (χ2n) is 3.71. The van der Waals surface area contributed by atoms with Crippen molar-refractivity contribution in [1.29, 1.82) is 0 Å². The molecule has 1 heterocycles. The summed E-state index contributed by atoms with van der Waals surface area (Å²) in [7, 11) is 0. The normalized spacial score (nSPS) is 12.6. The highest BCUT2D eigenvalue weighted by Crippen LogP contribution is 2.27. The number of rotatable bonds is 4. The molecule has 0 aliphatic rings. The second-order valence-corrected chi connectivity index (χ2v) is 4.93. The highest BCUT2D eigenvalue weighted by molar-refractivity contribution is 7.08. The minimum absolute atomic E-state index is 0.108. The number of benzene rings is 1. The summed E-state index contributed by atoms with van der Waals surface area (Å²) in [6.45, 7) is 2.79. The standard InChI is InChI=1S/C13H13ClFNS/c1-2-16-13(9-5-6-17-8-9)11-4-3-10(14)7-12(11)15/h3-8,13,16H,2H2,1H3. The van der Waals surface area contributed by atoms with Crippen molar-refractivity contribution in [3.05, 3.63) is 57.0 Å². The van der Waals surface area contributed by atoms with Gasteiger partial charge in [-0.05, 0) is 41.1 Å². The lowest BCUT2D eigenvalue weighted by molar-refractivity contribution is 0.560. The lowest BCUT2D eigenvalue weighted by atomic mass is 10.0. The minimum atomic E-state index is -0.269. The molecular formula is C13H13ClFNS. The Kier molecular flexibility index (Phi) is 4.15. The van der Waals surface area contributed by atoms with Crippen LogP contribution >= 0.6 is 22.9 Å². The third-order valence-electron chi connectivity index (χ3n) is 2.56. The Balaban J connectivity index is 2.39. The molecule has 0 saturated carbocycles. The summed E-state index contributed by atoms with van der Waals surface area (Å²) in [5.74, 6) is -0.269. The molecule has 1 nitrogen and oxygen atoms in total. The van der Waals surface area contributed by atoms with E-state index in [1.54, 1.807) is 23.5 Å². The van der Waals surface area contributed by atoms with Crippen molar-refractivity contribution >= 4 is 22.9 Å². The number of hydrogen-bond donors (Lipinski definition) is 1. The number of halogens is 2. The first-order valence-corrected chi connectivity index (χ1v) is 6.75. The molecule has 0 spiro atoms. The van der Waals surface area contributed by atoms with Crippen molar-refractivity contribution in [3.8, 4) is 0 Å². The molecule has 0 aliphatic heterocycles.